The Morgan fingerprint density at radius 1 is 1.00 bits per heavy atom. The van der Waals surface area contributed by atoms with Crippen LogP contribution in [0, 0.1) is 0 Å². The molecule has 0 spiro atoms. The Labute approximate surface area is 157 Å². The molecule has 138 valence electrons. The van der Waals surface area contributed by atoms with Gasteiger partial charge in [0.2, 0.25) is 0 Å². The van der Waals surface area contributed by atoms with Crippen LogP contribution < -0.4 is 9.80 Å². The molecular formula is C23H30N2O. The third-order valence-electron chi connectivity index (χ3n) is 5.90. The summed E-state index contributed by atoms with van der Waals surface area (Å²) in [4.78, 5) is 4.30. The number of fused-ring (bicyclic) bond motifs is 1. The first kappa shape index (κ1) is 18.5. The van der Waals surface area contributed by atoms with E-state index in [9.17, 15) is 5.11 Å². The minimum Gasteiger partial charge on any atom is -0.372 e. The van der Waals surface area contributed by atoms with E-state index < -0.39 is 11.1 Å². The van der Waals surface area contributed by atoms with Crippen molar-refractivity contribution in [1.82, 2.24) is 0 Å². The lowest BCUT2D eigenvalue weighted by atomic mass is 9.77. The van der Waals surface area contributed by atoms with Crippen molar-refractivity contribution in [3.63, 3.8) is 0 Å². The van der Waals surface area contributed by atoms with Crippen molar-refractivity contribution in [2.45, 2.75) is 38.8 Å². The average molecular weight is 351 g/mol. The number of para-hydroxylation sites is 1. The van der Waals surface area contributed by atoms with Crippen molar-refractivity contribution in [3.05, 3.63) is 65.7 Å². The molecule has 0 bridgehead atoms. The number of hydrogen-bond donors (Lipinski definition) is 1. The summed E-state index contributed by atoms with van der Waals surface area (Å²) in [6, 6.07) is 16.8. The Morgan fingerprint density at radius 2 is 1.62 bits per heavy atom. The fourth-order valence-electron chi connectivity index (χ4n) is 4.01. The van der Waals surface area contributed by atoms with Crippen molar-refractivity contribution < 1.29 is 5.11 Å². The number of hydrogen-bond acceptors (Lipinski definition) is 3. The van der Waals surface area contributed by atoms with Crippen molar-refractivity contribution in [2.24, 2.45) is 0 Å². The smallest absolute Gasteiger partial charge is 0.166 e. The van der Waals surface area contributed by atoms with Gasteiger partial charge in [0.05, 0.1) is 0 Å². The van der Waals surface area contributed by atoms with Crippen LogP contribution in [0.3, 0.4) is 0 Å². The molecule has 3 nitrogen and oxygen atoms in total. The summed E-state index contributed by atoms with van der Waals surface area (Å²) in [6.45, 7) is 10.5. The average Bonchev–Trinajstić information content (AvgIpc) is 2.81. The van der Waals surface area contributed by atoms with E-state index in [0.717, 1.165) is 24.3 Å². The third kappa shape index (κ3) is 2.80. The maximum atomic E-state index is 11.5. The van der Waals surface area contributed by atoms with Crippen LogP contribution in [0.4, 0.5) is 11.4 Å². The summed E-state index contributed by atoms with van der Waals surface area (Å²) >= 11 is 0. The largest absolute Gasteiger partial charge is 0.372 e. The van der Waals surface area contributed by atoms with Crippen molar-refractivity contribution in [2.75, 3.05) is 29.9 Å². The molecule has 1 unspecified atom stereocenters. The van der Waals surface area contributed by atoms with E-state index >= 15 is 0 Å². The Hall–Kier alpha value is -2.26. The molecule has 0 saturated heterocycles. The highest BCUT2D eigenvalue weighted by molar-refractivity contribution is 5.68. The van der Waals surface area contributed by atoms with E-state index in [1.165, 1.54) is 11.3 Å². The van der Waals surface area contributed by atoms with Crippen molar-refractivity contribution in [1.29, 1.82) is 0 Å². The second-order valence-corrected chi connectivity index (χ2v) is 7.52. The zero-order valence-corrected chi connectivity index (χ0v) is 16.5. The number of likely N-dealkylation sites (N-methyl/N-ethyl adjacent to an activating group) is 1. The highest BCUT2D eigenvalue weighted by atomic mass is 16.3. The van der Waals surface area contributed by atoms with Gasteiger partial charge in [0.1, 0.15) is 0 Å². The normalized spacial score (nSPS) is 21.2. The lowest BCUT2D eigenvalue weighted by molar-refractivity contribution is 0.0348. The first-order valence-electron chi connectivity index (χ1n) is 9.45. The van der Waals surface area contributed by atoms with Gasteiger partial charge in [-0.3, -0.25) is 0 Å². The van der Waals surface area contributed by atoms with Gasteiger partial charge in [0, 0.05) is 36.9 Å². The summed E-state index contributed by atoms with van der Waals surface area (Å²) in [5.41, 5.74) is 3.13. The van der Waals surface area contributed by atoms with Gasteiger partial charge in [-0.25, -0.2) is 0 Å². The minimum atomic E-state index is -1.06. The number of aliphatic hydroxyl groups is 1. The maximum absolute atomic E-state index is 11.5. The van der Waals surface area contributed by atoms with E-state index in [-0.39, 0.29) is 0 Å². The monoisotopic (exact) mass is 350 g/mol. The molecule has 1 aliphatic rings. The summed E-state index contributed by atoms with van der Waals surface area (Å²) < 4.78 is 0. The van der Waals surface area contributed by atoms with Crippen LogP contribution in [0.2, 0.25) is 0 Å². The van der Waals surface area contributed by atoms with Crippen molar-refractivity contribution in [3.8, 4) is 0 Å². The molecule has 3 heteroatoms. The van der Waals surface area contributed by atoms with E-state index in [0.29, 0.717) is 0 Å². The second kappa shape index (κ2) is 6.81. The molecule has 1 atom stereocenters. The van der Waals surface area contributed by atoms with Crippen LogP contribution in [0.1, 0.15) is 38.8 Å². The maximum Gasteiger partial charge on any atom is 0.166 e. The molecule has 2 aromatic rings. The quantitative estimate of drug-likeness (QED) is 0.849. The standard InChI is InChI=1S/C23H30N2O/c1-6-25(7-2)19-14-12-18(13-15-19)16-17-23(26)22(3,4)20-10-8-9-11-21(20)24(23)5/h8-17,26H,6-7H2,1-5H3/b17-16+. The van der Waals surface area contributed by atoms with Crippen LogP contribution in [0.15, 0.2) is 54.6 Å². The molecule has 1 aliphatic heterocycles. The number of rotatable bonds is 5. The molecule has 1 heterocycles. The second-order valence-electron chi connectivity index (χ2n) is 7.52. The Kier molecular flexibility index (Phi) is 4.85. The SMILES string of the molecule is CCN(CC)c1ccc(/C=C/C2(O)N(C)c3ccccc3C2(C)C)cc1. The first-order valence-corrected chi connectivity index (χ1v) is 9.45. The molecule has 0 amide bonds. The van der Waals surface area contributed by atoms with Gasteiger partial charge < -0.3 is 14.9 Å². The minimum absolute atomic E-state index is 0.393. The fraction of sp³-hybridized carbons (Fsp3) is 0.391. The Bertz CT molecular complexity index is 790. The van der Waals surface area contributed by atoms with E-state index in [1.807, 2.05) is 36.2 Å². The first-order chi connectivity index (χ1) is 12.3. The lowest BCUT2D eigenvalue weighted by Crippen LogP contribution is -2.52. The molecule has 0 aromatic heterocycles. The van der Waals surface area contributed by atoms with Gasteiger partial charge in [0.15, 0.2) is 5.72 Å². The molecule has 0 radical (unpaired) electrons. The van der Waals surface area contributed by atoms with Crippen LogP contribution in [-0.2, 0) is 5.41 Å². The van der Waals surface area contributed by atoms with E-state index in [1.54, 1.807) is 0 Å². The van der Waals surface area contributed by atoms with Crippen LogP contribution in [-0.4, -0.2) is 31.0 Å². The molecule has 0 fully saturated rings. The molecule has 1 N–H and O–H groups in total. The van der Waals surface area contributed by atoms with Gasteiger partial charge in [-0.05, 0) is 49.2 Å². The Morgan fingerprint density at radius 3 is 2.19 bits per heavy atom. The van der Waals surface area contributed by atoms with Gasteiger partial charge in [-0.2, -0.15) is 0 Å². The Balaban J connectivity index is 1.88. The molecule has 3 rings (SSSR count). The number of anilines is 2. The number of benzene rings is 2. The predicted octanol–water partition coefficient (Wildman–Crippen LogP) is 4.66. The third-order valence-corrected chi connectivity index (χ3v) is 5.90. The van der Waals surface area contributed by atoms with E-state index in [4.69, 9.17) is 0 Å². The topological polar surface area (TPSA) is 26.7 Å². The molecule has 26 heavy (non-hydrogen) atoms. The lowest BCUT2D eigenvalue weighted by Gasteiger charge is -2.39. The zero-order chi connectivity index (χ0) is 18.9. The van der Waals surface area contributed by atoms with E-state index in [2.05, 4.69) is 69.0 Å². The summed E-state index contributed by atoms with van der Waals surface area (Å²) in [5, 5.41) is 11.5. The van der Waals surface area contributed by atoms with Crippen LogP contribution >= 0.6 is 0 Å². The summed E-state index contributed by atoms with van der Waals surface area (Å²) in [7, 11) is 1.96. The molecule has 2 aromatic carbocycles. The van der Waals surface area contributed by atoms with Gasteiger partial charge >= 0.3 is 0 Å². The van der Waals surface area contributed by atoms with Crippen molar-refractivity contribution >= 4 is 17.5 Å². The zero-order valence-electron chi connectivity index (χ0n) is 16.5. The summed E-state index contributed by atoms with van der Waals surface area (Å²) in [6.07, 6.45) is 3.95. The van der Waals surface area contributed by atoms with Crippen LogP contribution in [0.25, 0.3) is 6.08 Å². The number of nitrogens with zero attached hydrogens (tertiary/aromatic N) is 2. The molecule has 0 saturated carbocycles. The highest BCUT2D eigenvalue weighted by Crippen LogP contribution is 2.50. The van der Waals surface area contributed by atoms with Gasteiger partial charge in [-0.15, -0.1) is 0 Å². The predicted molar refractivity (Wildman–Crippen MR) is 112 cm³/mol. The summed E-state index contributed by atoms with van der Waals surface area (Å²) in [5.74, 6) is 0. The van der Waals surface area contributed by atoms with Gasteiger partial charge in [-0.1, -0.05) is 50.3 Å². The molecular weight excluding hydrogens is 320 g/mol. The highest BCUT2D eigenvalue weighted by Gasteiger charge is 2.53. The fourth-order valence-corrected chi connectivity index (χ4v) is 4.01. The van der Waals surface area contributed by atoms with Crippen LogP contribution in [0.5, 0.6) is 0 Å². The molecule has 0 aliphatic carbocycles. The van der Waals surface area contributed by atoms with Gasteiger partial charge in [0.25, 0.3) is 0 Å².